The Morgan fingerprint density at radius 2 is 2.25 bits per heavy atom. The quantitative estimate of drug-likeness (QED) is 0.712. The summed E-state index contributed by atoms with van der Waals surface area (Å²) in [6.45, 7) is 1.58. The highest BCUT2D eigenvalue weighted by atomic mass is 35.5. The van der Waals surface area contributed by atoms with E-state index in [1.807, 2.05) is 23.2 Å². The third kappa shape index (κ3) is 2.99. The van der Waals surface area contributed by atoms with E-state index in [1.165, 1.54) is 0 Å². The molecule has 0 spiro atoms. The molecular formula is C16H16ClFN6. The first-order valence-corrected chi connectivity index (χ1v) is 8.19. The van der Waals surface area contributed by atoms with Crippen LogP contribution in [0.5, 0.6) is 0 Å². The zero-order chi connectivity index (χ0) is 16.5. The van der Waals surface area contributed by atoms with E-state index in [9.17, 15) is 4.39 Å². The summed E-state index contributed by atoms with van der Waals surface area (Å²) in [5.74, 6) is -0.126. The van der Waals surface area contributed by atoms with Gasteiger partial charge in [0, 0.05) is 30.2 Å². The highest BCUT2D eigenvalue weighted by Gasteiger charge is 2.22. The SMILES string of the molecule is Fc1cnc(N2CCCC(Nc3ccc4[nH]ncc4c3)C2)nc1Cl. The molecule has 3 aromatic rings. The molecule has 0 aliphatic carbocycles. The Labute approximate surface area is 143 Å². The molecule has 0 saturated carbocycles. The number of benzene rings is 1. The molecule has 0 radical (unpaired) electrons. The van der Waals surface area contributed by atoms with Gasteiger partial charge in [-0.1, -0.05) is 11.6 Å². The van der Waals surface area contributed by atoms with Crippen molar-refractivity contribution in [2.45, 2.75) is 18.9 Å². The molecule has 124 valence electrons. The number of aromatic nitrogens is 4. The van der Waals surface area contributed by atoms with Gasteiger partial charge in [-0.25, -0.2) is 9.37 Å². The Balaban J connectivity index is 1.48. The van der Waals surface area contributed by atoms with Crippen LogP contribution in [0.1, 0.15) is 12.8 Å². The van der Waals surface area contributed by atoms with Gasteiger partial charge in [0.05, 0.1) is 17.9 Å². The van der Waals surface area contributed by atoms with Crippen molar-refractivity contribution in [3.63, 3.8) is 0 Å². The van der Waals surface area contributed by atoms with Crippen LogP contribution in [0.15, 0.2) is 30.6 Å². The van der Waals surface area contributed by atoms with Crippen LogP contribution in [-0.4, -0.2) is 39.3 Å². The number of fused-ring (bicyclic) bond motifs is 1. The molecule has 2 aromatic heterocycles. The Bertz CT molecular complexity index is 867. The molecular weight excluding hydrogens is 331 g/mol. The Hall–Kier alpha value is -2.41. The summed E-state index contributed by atoms with van der Waals surface area (Å²) in [5.41, 5.74) is 2.06. The summed E-state index contributed by atoms with van der Waals surface area (Å²) in [6, 6.07) is 6.37. The molecule has 1 aromatic carbocycles. The van der Waals surface area contributed by atoms with Crippen LogP contribution in [0.4, 0.5) is 16.0 Å². The van der Waals surface area contributed by atoms with Crippen molar-refractivity contribution in [1.82, 2.24) is 20.2 Å². The van der Waals surface area contributed by atoms with Crippen molar-refractivity contribution >= 4 is 34.1 Å². The standard InChI is InChI=1S/C16H16ClFN6/c17-15-13(18)8-19-16(22-15)24-5-1-2-12(9-24)21-11-3-4-14-10(6-11)7-20-23-14/h3-4,6-8,12,21H,1-2,5,9H2,(H,20,23). The number of hydrogen-bond acceptors (Lipinski definition) is 5. The average Bonchev–Trinajstić information content (AvgIpc) is 3.05. The van der Waals surface area contributed by atoms with Crippen LogP contribution in [0, 0.1) is 5.82 Å². The van der Waals surface area contributed by atoms with E-state index in [0.717, 1.165) is 48.7 Å². The third-order valence-corrected chi connectivity index (χ3v) is 4.47. The molecule has 1 aliphatic rings. The molecule has 0 bridgehead atoms. The maximum Gasteiger partial charge on any atom is 0.226 e. The molecule has 1 unspecified atom stereocenters. The van der Waals surface area contributed by atoms with Crippen LogP contribution in [0.2, 0.25) is 5.15 Å². The lowest BCUT2D eigenvalue weighted by Crippen LogP contribution is -2.43. The van der Waals surface area contributed by atoms with Crippen LogP contribution in [-0.2, 0) is 0 Å². The number of H-pyrrole nitrogens is 1. The molecule has 4 rings (SSSR count). The van der Waals surface area contributed by atoms with Gasteiger partial charge in [-0.15, -0.1) is 0 Å². The molecule has 1 atom stereocenters. The lowest BCUT2D eigenvalue weighted by molar-refractivity contribution is 0.520. The van der Waals surface area contributed by atoms with E-state index in [1.54, 1.807) is 0 Å². The average molecular weight is 347 g/mol. The first kappa shape index (κ1) is 15.1. The number of piperidine rings is 1. The summed E-state index contributed by atoms with van der Waals surface area (Å²) < 4.78 is 13.2. The minimum Gasteiger partial charge on any atom is -0.381 e. The first-order chi connectivity index (χ1) is 11.7. The van der Waals surface area contributed by atoms with Crippen molar-refractivity contribution in [2.24, 2.45) is 0 Å². The van der Waals surface area contributed by atoms with Gasteiger partial charge in [0.15, 0.2) is 11.0 Å². The zero-order valence-electron chi connectivity index (χ0n) is 12.8. The number of nitrogens with one attached hydrogen (secondary N) is 2. The Kier molecular flexibility index (Phi) is 3.93. The Morgan fingerprint density at radius 1 is 1.33 bits per heavy atom. The summed E-state index contributed by atoms with van der Waals surface area (Å²) in [4.78, 5) is 10.1. The van der Waals surface area contributed by atoms with Crippen molar-refractivity contribution in [2.75, 3.05) is 23.3 Å². The molecule has 1 aliphatic heterocycles. The smallest absolute Gasteiger partial charge is 0.226 e. The van der Waals surface area contributed by atoms with Gasteiger partial charge in [-0.05, 0) is 31.0 Å². The van der Waals surface area contributed by atoms with Gasteiger partial charge in [0.1, 0.15) is 0 Å². The third-order valence-electron chi connectivity index (χ3n) is 4.20. The fraction of sp³-hybridized carbons (Fsp3) is 0.312. The second-order valence-corrected chi connectivity index (χ2v) is 6.27. The highest BCUT2D eigenvalue weighted by Crippen LogP contribution is 2.23. The second-order valence-electron chi connectivity index (χ2n) is 5.91. The summed E-state index contributed by atoms with van der Waals surface area (Å²) in [5, 5.41) is 11.5. The number of anilines is 2. The van der Waals surface area contributed by atoms with E-state index in [0.29, 0.717) is 5.95 Å². The molecule has 0 amide bonds. The maximum absolute atomic E-state index is 13.2. The second kappa shape index (κ2) is 6.24. The van der Waals surface area contributed by atoms with Crippen LogP contribution < -0.4 is 10.2 Å². The maximum atomic E-state index is 13.2. The number of halogens is 2. The van der Waals surface area contributed by atoms with Crippen LogP contribution in [0.25, 0.3) is 10.9 Å². The molecule has 3 heterocycles. The normalized spacial score (nSPS) is 18.1. The van der Waals surface area contributed by atoms with Crippen LogP contribution >= 0.6 is 11.6 Å². The lowest BCUT2D eigenvalue weighted by atomic mass is 10.1. The molecule has 8 heteroatoms. The monoisotopic (exact) mass is 346 g/mol. The summed E-state index contributed by atoms with van der Waals surface area (Å²) in [7, 11) is 0. The number of hydrogen-bond donors (Lipinski definition) is 2. The first-order valence-electron chi connectivity index (χ1n) is 7.82. The minimum absolute atomic E-state index is 0.138. The number of nitrogens with zero attached hydrogens (tertiary/aromatic N) is 4. The largest absolute Gasteiger partial charge is 0.381 e. The summed E-state index contributed by atoms with van der Waals surface area (Å²) in [6.07, 6.45) is 4.98. The van der Waals surface area contributed by atoms with Crippen LogP contribution in [0.3, 0.4) is 0 Å². The predicted molar refractivity (Wildman–Crippen MR) is 92.0 cm³/mol. The van der Waals surface area contributed by atoms with Gasteiger partial charge in [0.2, 0.25) is 5.95 Å². The molecule has 1 saturated heterocycles. The topological polar surface area (TPSA) is 69.7 Å². The molecule has 6 nitrogen and oxygen atoms in total. The Morgan fingerprint density at radius 3 is 3.12 bits per heavy atom. The lowest BCUT2D eigenvalue weighted by Gasteiger charge is -2.33. The van der Waals surface area contributed by atoms with Crippen molar-refractivity contribution in [3.8, 4) is 0 Å². The van der Waals surface area contributed by atoms with Gasteiger partial charge in [0.25, 0.3) is 0 Å². The van der Waals surface area contributed by atoms with Gasteiger partial charge in [-0.2, -0.15) is 10.1 Å². The highest BCUT2D eigenvalue weighted by molar-refractivity contribution is 6.29. The summed E-state index contributed by atoms with van der Waals surface area (Å²) >= 11 is 5.77. The van der Waals surface area contributed by atoms with Gasteiger partial charge >= 0.3 is 0 Å². The van der Waals surface area contributed by atoms with Gasteiger partial charge < -0.3 is 10.2 Å². The van der Waals surface area contributed by atoms with E-state index in [4.69, 9.17) is 11.6 Å². The number of rotatable bonds is 3. The number of aromatic amines is 1. The predicted octanol–water partition coefficient (Wildman–Crippen LogP) is 3.23. The molecule has 2 N–H and O–H groups in total. The fourth-order valence-electron chi connectivity index (χ4n) is 3.03. The molecule has 24 heavy (non-hydrogen) atoms. The van der Waals surface area contributed by atoms with E-state index in [-0.39, 0.29) is 11.2 Å². The zero-order valence-corrected chi connectivity index (χ0v) is 13.6. The van der Waals surface area contributed by atoms with E-state index >= 15 is 0 Å². The fourth-order valence-corrected chi connectivity index (χ4v) is 3.16. The van der Waals surface area contributed by atoms with E-state index in [2.05, 4.69) is 31.5 Å². The van der Waals surface area contributed by atoms with Gasteiger partial charge in [-0.3, -0.25) is 5.10 Å². The van der Waals surface area contributed by atoms with Crippen molar-refractivity contribution < 1.29 is 4.39 Å². The van der Waals surface area contributed by atoms with Crippen molar-refractivity contribution in [3.05, 3.63) is 41.6 Å². The van der Waals surface area contributed by atoms with Crippen molar-refractivity contribution in [1.29, 1.82) is 0 Å². The van der Waals surface area contributed by atoms with E-state index < -0.39 is 5.82 Å². The molecule has 1 fully saturated rings. The minimum atomic E-state index is -0.597.